The average Bonchev–Trinajstić information content (AvgIpc) is 2.52. The molecule has 24 heavy (non-hydrogen) atoms. The molecule has 0 spiro atoms. The minimum absolute atomic E-state index is 0.167. The average molecular weight is 361 g/mol. The van der Waals surface area contributed by atoms with Crippen LogP contribution < -0.4 is 5.73 Å². The van der Waals surface area contributed by atoms with E-state index >= 15 is 0 Å². The fourth-order valence-electron chi connectivity index (χ4n) is 1.69. The summed E-state index contributed by atoms with van der Waals surface area (Å²) in [5.41, 5.74) is 6.54. The van der Waals surface area contributed by atoms with Gasteiger partial charge in [-0.15, -0.1) is 0 Å². The molecule has 0 amide bonds. The quantitative estimate of drug-likeness (QED) is 0.556. The van der Waals surface area contributed by atoms with Gasteiger partial charge in [0.05, 0.1) is 0 Å². The molecule has 0 radical (unpaired) electrons. The van der Waals surface area contributed by atoms with Crippen LogP contribution in [0.1, 0.15) is 58.9 Å². The van der Waals surface area contributed by atoms with Crippen LogP contribution in [0, 0.1) is 0 Å². The van der Waals surface area contributed by atoms with E-state index in [1.54, 1.807) is 0 Å². The fraction of sp³-hybridized carbons (Fsp3) is 0.611. The van der Waals surface area contributed by atoms with Crippen molar-refractivity contribution in [1.29, 1.82) is 0 Å². The van der Waals surface area contributed by atoms with Crippen molar-refractivity contribution in [3.8, 4) is 0 Å². The minimum Gasteiger partial charge on any atom is -0.326 e. The number of hydrogen-bond donors (Lipinski definition) is 4. The van der Waals surface area contributed by atoms with Crippen molar-refractivity contribution in [2.45, 2.75) is 59.9 Å². The first-order valence-electron chi connectivity index (χ1n) is 8.52. The maximum absolute atomic E-state index is 9.48. The molecular formula is C18H36NO4P. The first kappa shape index (κ1) is 25.4. The Bertz CT molecular complexity index is 414. The van der Waals surface area contributed by atoms with Crippen molar-refractivity contribution < 1.29 is 19.5 Å². The number of unbranched alkanes of at least 4 members (excludes halogenated alkanes) is 2. The number of ketones is 1. The molecule has 0 saturated carbocycles. The molecule has 0 unspecified atom stereocenters. The maximum atomic E-state index is 9.48. The number of nitrogens with two attached hydrogens (primary N) is 1. The summed E-state index contributed by atoms with van der Waals surface area (Å²) >= 11 is 0. The summed E-state index contributed by atoms with van der Waals surface area (Å²) in [5.74, 6) is 0.167. The van der Waals surface area contributed by atoms with Crippen LogP contribution in [0.25, 0.3) is 0 Å². The molecule has 0 bridgehead atoms. The third-order valence-corrected chi connectivity index (χ3v) is 5.48. The zero-order valence-corrected chi connectivity index (χ0v) is 16.5. The molecule has 1 rings (SSSR count). The van der Waals surface area contributed by atoms with Gasteiger partial charge in [-0.3, -0.25) is 0 Å². The van der Waals surface area contributed by atoms with Crippen molar-refractivity contribution in [2.75, 3.05) is 12.3 Å². The smallest absolute Gasteiger partial charge is 0.0178 e. The van der Waals surface area contributed by atoms with E-state index in [1.807, 2.05) is 44.2 Å². The second-order valence-electron chi connectivity index (χ2n) is 6.09. The van der Waals surface area contributed by atoms with Gasteiger partial charge < -0.3 is 10.5 Å². The zero-order valence-electron chi connectivity index (χ0n) is 15.6. The van der Waals surface area contributed by atoms with Crippen molar-refractivity contribution in [1.82, 2.24) is 0 Å². The van der Waals surface area contributed by atoms with Gasteiger partial charge >= 0.3 is 73.8 Å². The Morgan fingerprint density at radius 3 is 1.58 bits per heavy atom. The van der Waals surface area contributed by atoms with Gasteiger partial charge in [0, 0.05) is 6.54 Å². The Kier molecular flexibility index (Phi) is 14.2. The third-order valence-electron chi connectivity index (χ3n) is 3.02. The predicted molar refractivity (Wildman–Crippen MR) is 104 cm³/mol. The number of carbonyl (C=O) groups is 1. The van der Waals surface area contributed by atoms with Crippen LogP contribution in [-0.2, 0) is 11.3 Å². The summed E-state index contributed by atoms with van der Waals surface area (Å²) in [6.45, 7) is 7.62. The molecule has 142 valence electrons. The van der Waals surface area contributed by atoms with Crippen LogP contribution in [0.5, 0.6) is 0 Å². The summed E-state index contributed by atoms with van der Waals surface area (Å²) in [5, 5.41) is 0. The van der Waals surface area contributed by atoms with Crippen LogP contribution >= 0.6 is 7.28 Å². The van der Waals surface area contributed by atoms with E-state index in [9.17, 15) is 19.5 Å². The number of hydrogen-bond acceptors (Lipinski definition) is 5. The van der Waals surface area contributed by atoms with Crippen LogP contribution in [0.4, 0.5) is 0 Å². The maximum Gasteiger partial charge on any atom is 0.0178 e. The zero-order chi connectivity index (χ0) is 19.1. The molecule has 6 heteroatoms. The molecule has 0 aliphatic carbocycles. The summed E-state index contributed by atoms with van der Waals surface area (Å²) in [7, 11) is -4.21. The summed E-state index contributed by atoms with van der Waals surface area (Å²) < 4.78 is 0. The third kappa shape index (κ3) is 19.2. The Hall–Kier alpha value is -0.840. The summed E-state index contributed by atoms with van der Waals surface area (Å²) in [6, 6.07) is 9.99. The Labute approximate surface area is 147 Å². The number of carbonyl (C=O) groups excluding carboxylic acids is 1. The first-order valence-corrected chi connectivity index (χ1v) is 11.0. The fourth-order valence-corrected chi connectivity index (χ4v) is 3.84. The molecule has 0 heterocycles. The molecule has 0 fully saturated rings. The monoisotopic (exact) mass is 361 g/mol. The van der Waals surface area contributed by atoms with E-state index in [-0.39, 0.29) is 18.1 Å². The molecule has 0 aliphatic rings. The minimum atomic E-state index is -4.21. The van der Waals surface area contributed by atoms with Gasteiger partial charge in [0.1, 0.15) is 5.78 Å². The van der Waals surface area contributed by atoms with Gasteiger partial charge in [0.15, 0.2) is 0 Å². The number of Topliss-reactive ketones (excluding diaryl/α,β-unsaturated/α-hetero) is 1. The molecule has 5 nitrogen and oxygen atoms in total. The second kappa shape index (κ2) is 13.5. The van der Waals surface area contributed by atoms with Gasteiger partial charge in [-0.05, 0) is 19.4 Å². The molecular weight excluding hydrogens is 325 g/mol. The molecule has 0 aliphatic heterocycles. The van der Waals surface area contributed by atoms with Gasteiger partial charge in [0.25, 0.3) is 0 Å². The number of benzene rings is 1. The van der Waals surface area contributed by atoms with Crippen molar-refractivity contribution in [2.24, 2.45) is 5.73 Å². The van der Waals surface area contributed by atoms with E-state index in [0.717, 1.165) is 12.8 Å². The van der Waals surface area contributed by atoms with Crippen LogP contribution in [0.2, 0.25) is 0 Å². The predicted octanol–water partition coefficient (Wildman–Crippen LogP) is 3.60. The van der Waals surface area contributed by atoms with Gasteiger partial charge in [-0.1, -0.05) is 30.3 Å². The van der Waals surface area contributed by atoms with Gasteiger partial charge in [-0.2, -0.15) is 0 Å². The van der Waals surface area contributed by atoms with Gasteiger partial charge in [-0.25, -0.2) is 0 Å². The summed E-state index contributed by atoms with van der Waals surface area (Å²) in [6.07, 6.45) is 3.47. The Balaban J connectivity index is 0. The SMILES string of the molecule is CC(C)=O.CCCCP(O)(O)(O)CCCC.NCc1ccccc1. The topological polar surface area (TPSA) is 104 Å². The second-order valence-corrected chi connectivity index (χ2v) is 9.67. The molecule has 1 aromatic rings. The van der Waals surface area contributed by atoms with Crippen LogP contribution in [0.3, 0.4) is 0 Å². The molecule has 0 saturated heterocycles. The normalized spacial score (nSPS) is 11.9. The van der Waals surface area contributed by atoms with E-state index in [1.165, 1.54) is 19.4 Å². The van der Waals surface area contributed by atoms with E-state index in [0.29, 0.717) is 19.4 Å². The van der Waals surface area contributed by atoms with Crippen molar-refractivity contribution in [3.63, 3.8) is 0 Å². The van der Waals surface area contributed by atoms with Crippen molar-refractivity contribution >= 4 is 13.1 Å². The van der Waals surface area contributed by atoms with Crippen LogP contribution in [-0.4, -0.2) is 32.8 Å². The van der Waals surface area contributed by atoms with Crippen LogP contribution in [0.15, 0.2) is 30.3 Å². The van der Waals surface area contributed by atoms with E-state index in [2.05, 4.69) is 0 Å². The number of rotatable bonds is 7. The molecule has 0 aromatic heterocycles. The van der Waals surface area contributed by atoms with Gasteiger partial charge in [0.2, 0.25) is 0 Å². The molecule has 1 aromatic carbocycles. The van der Waals surface area contributed by atoms with E-state index in [4.69, 9.17) is 5.73 Å². The molecule has 5 N–H and O–H groups in total. The molecule has 0 atom stereocenters. The largest absolute Gasteiger partial charge is 0.326 e. The van der Waals surface area contributed by atoms with Crippen molar-refractivity contribution in [3.05, 3.63) is 35.9 Å². The standard InChI is InChI=1S/C8H21O3P.C7H9N.C3H6O/c1-3-5-7-12(9,10,11)8-6-4-2;8-6-7-4-2-1-3-5-7;1-3(2)4/h9-11H,3-8H2,1-2H3;1-5H,6,8H2;1-2H3. The Morgan fingerprint density at radius 1 is 0.958 bits per heavy atom. The van der Waals surface area contributed by atoms with E-state index < -0.39 is 7.28 Å². The summed E-state index contributed by atoms with van der Waals surface area (Å²) in [4.78, 5) is 37.9. The Morgan fingerprint density at radius 2 is 1.33 bits per heavy atom. The first-order chi connectivity index (χ1) is 11.1.